The molecule has 0 radical (unpaired) electrons. The van der Waals surface area contributed by atoms with E-state index in [1.165, 1.54) is 19.2 Å². The Morgan fingerprint density at radius 3 is 2.74 bits per heavy atom. The van der Waals surface area contributed by atoms with Gasteiger partial charge in [0.05, 0.1) is 12.1 Å². The summed E-state index contributed by atoms with van der Waals surface area (Å²) in [6, 6.07) is 9.02. The molecule has 0 fully saturated rings. The maximum atomic E-state index is 12.3. The molecule has 122 valence electrons. The van der Waals surface area contributed by atoms with E-state index < -0.39 is 24.7 Å². The number of carbonyl (C=O) groups excluding carboxylic acids is 1. The third kappa shape index (κ3) is 4.29. The Balaban J connectivity index is 2.11. The van der Waals surface area contributed by atoms with E-state index in [9.17, 15) is 18.0 Å². The first-order chi connectivity index (χ1) is 10.8. The lowest BCUT2D eigenvalue weighted by molar-refractivity contribution is -0.207. The van der Waals surface area contributed by atoms with Gasteiger partial charge in [-0.3, -0.25) is 9.78 Å². The summed E-state index contributed by atoms with van der Waals surface area (Å²) in [6.07, 6.45) is -3.04. The van der Waals surface area contributed by atoms with Crippen LogP contribution in [0.3, 0.4) is 0 Å². The molecular formula is C16H15F3N2O2. The molecule has 0 saturated heterocycles. The molecule has 4 nitrogen and oxygen atoms in total. The van der Waals surface area contributed by atoms with Crippen molar-refractivity contribution in [2.75, 3.05) is 13.6 Å². The summed E-state index contributed by atoms with van der Waals surface area (Å²) in [5, 5.41) is 9.81. The first kappa shape index (κ1) is 17.0. The number of aliphatic hydroxyl groups excluding tert-OH is 1. The molecule has 7 heteroatoms. The molecule has 1 aromatic heterocycles. The standard InChI is InChI=1S/C16H15F3N2O2/c1-21(10-14(22)16(17,18)19)15(23)7-6-11-8-9-20-13-5-3-2-4-12(11)13/h2-9,14,22H,10H2,1H3/b7-6+. The van der Waals surface area contributed by atoms with Crippen LogP contribution in [0.2, 0.25) is 0 Å². The molecular weight excluding hydrogens is 309 g/mol. The van der Waals surface area contributed by atoms with Gasteiger partial charge in [-0.2, -0.15) is 13.2 Å². The van der Waals surface area contributed by atoms with Crippen LogP contribution in [-0.4, -0.2) is 46.8 Å². The molecule has 1 N–H and O–H groups in total. The van der Waals surface area contributed by atoms with Crippen LogP contribution in [0.15, 0.2) is 42.6 Å². The fourth-order valence-corrected chi connectivity index (χ4v) is 2.00. The van der Waals surface area contributed by atoms with E-state index in [2.05, 4.69) is 4.98 Å². The van der Waals surface area contributed by atoms with Gasteiger partial charge in [0.2, 0.25) is 5.91 Å². The Hall–Kier alpha value is -2.41. The van der Waals surface area contributed by atoms with Crippen LogP contribution in [0.1, 0.15) is 5.56 Å². The predicted molar refractivity (Wildman–Crippen MR) is 80.5 cm³/mol. The van der Waals surface area contributed by atoms with Gasteiger partial charge in [0.1, 0.15) is 0 Å². The third-order valence-corrected chi connectivity index (χ3v) is 3.29. The molecule has 1 amide bonds. The fourth-order valence-electron chi connectivity index (χ4n) is 2.00. The number of likely N-dealkylation sites (N-methyl/N-ethyl adjacent to an activating group) is 1. The number of carbonyl (C=O) groups is 1. The van der Waals surface area contributed by atoms with Crippen molar-refractivity contribution in [2.24, 2.45) is 0 Å². The van der Waals surface area contributed by atoms with Gasteiger partial charge in [0.15, 0.2) is 6.10 Å². The van der Waals surface area contributed by atoms with Crippen molar-refractivity contribution in [3.8, 4) is 0 Å². The van der Waals surface area contributed by atoms with Gasteiger partial charge in [-0.1, -0.05) is 18.2 Å². The zero-order valence-electron chi connectivity index (χ0n) is 12.3. The van der Waals surface area contributed by atoms with Gasteiger partial charge in [0.25, 0.3) is 0 Å². The molecule has 1 aromatic carbocycles. The highest BCUT2D eigenvalue weighted by molar-refractivity contribution is 5.95. The quantitative estimate of drug-likeness (QED) is 0.880. The SMILES string of the molecule is CN(CC(O)C(F)(F)F)C(=O)/C=C/c1ccnc2ccccc12. The van der Waals surface area contributed by atoms with Crippen molar-refractivity contribution < 1.29 is 23.1 Å². The van der Waals surface area contributed by atoms with Crippen LogP contribution in [0.25, 0.3) is 17.0 Å². The van der Waals surface area contributed by atoms with Crippen molar-refractivity contribution in [2.45, 2.75) is 12.3 Å². The van der Waals surface area contributed by atoms with Crippen LogP contribution in [0.5, 0.6) is 0 Å². The summed E-state index contributed by atoms with van der Waals surface area (Å²) in [6.45, 7) is -0.816. The first-order valence-electron chi connectivity index (χ1n) is 6.81. The number of aliphatic hydroxyl groups is 1. The number of fused-ring (bicyclic) bond motifs is 1. The lowest BCUT2D eigenvalue weighted by atomic mass is 10.1. The number of hydrogen-bond acceptors (Lipinski definition) is 3. The number of aromatic nitrogens is 1. The second-order valence-corrected chi connectivity index (χ2v) is 5.03. The molecule has 0 aliphatic heterocycles. The largest absolute Gasteiger partial charge is 0.416 e. The molecule has 1 heterocycles. The van der Waals surface area contributed by atoms with E-state index in [1.54, 1.807) is 12.3 Å². The average molecular weight is 324 g/mol. The third-order valence-electron chi connectivity index (χ3n) is 3.29. The summed E-state index contributed by atoms with van der Waals surface area (Å²) < 4.78 is 36.9. The number of amides is 1. The fraction of sp³-hybridized carbons (Fsp3) is 0.250. The van der Waals surface area contributed by atoms with Gasteiger partial charge in [-0.05, 0) is 23.8 Å². The van der Waals surface area contributed by atoms with Crippen molar-refractivity contribution >= 4 is 22.9 Å². The first-order valence-corrected chi connectivity index (χ1v) is 6.81. The van der Waals surface area contributed by atoms with Gasteiger partial charge < -0.3 is 10.0 Å². The Kier molecular flexibility index (Phi) is 5.00. The molecule has 0 bridgehead atoms. The summed E-state index contributed by atoms with van der Waals surface area (Å²) in [5.41, 5.74) is 1.48. The number of hydrogen-bond donors (Lipinski definition) is 1. The number of para-hydroxylation sites is 1. The van der Waals surface area contributed by atoms with Crippen LogP contribution >= 0.6 is 0 Å². The summed E-state index contributed by atoms with van der Waals surface area (Å²) in [7, 11) is 1.20. The van der Waals surface area contributed by atoms with Crippen LogP contribution in [0.4, 0.5) is 13.2 Å². The topological polar surface area (TPSA) is 53.4 Å². The number of nitrogens with zero attached hydrogens (tertiary/aromatic N) is 2. The molecule has 23 heavy (non-hydrogen) atoms. The smallest absolute Gasteiger partial charge is 0.382 e. The minimum absolute atomic E-state index is 0.630. The maximum absolute atomic E-state index is 12.3. The second kappa shape index (κ2) is 6.78. The number of benzene rings is 1. The van der Waals surface area contributed by atoms with Gasteiger partial charge >= 0.3 is 6.18 Å². The van der Waals surface area contributed by atoms with Gasteiger partial charge in [-0.15, -0.1) is 0 Å². The highest BCUT2D eigenvalue weighted by atomic mass is 19.4. The lowest BCUT2D eigenvalue weighted by Gasteiger charge is -2.21. The molecule has 0 aliphatic rings. The van der Waals surface area contributed by atoms with E-state index in [0.29, 0.717) is 0 Å². The van der Waals surface area contributed by atoms with E-state index in [-0.39, 0.29) is 0 Å². The highest BCUT2D eigenvalue weighted by Gasteiger charge is 2.39. The Bertz CT molecular complexity index is 723. The monoisotopic (exact) mass is 324 g/mol. The van der Waals surface area contributed by atoms with Crippen molar-refractivity contribution in [1.82, 2.24) is 9.88 Å². The Labute approximate surface area is 130 Å². The number of alkyl halides is 3. The van der Waals surface area contributed by atoms with Crippen LogP contribution < -0.4 is 0 Å². The summed E-state index contributed by atoms with van der Waals surface area (Å²) in [5.74, 6) is -0.630. The molecule has 1 unspecified atom stereocenters. The summed E-state index contributed by atoms with van der Waals surface area (Å²) in [4.78, 5) is 16.9. The molecule has 0 saturated carbocycles. The van der Waals surface area contributed by atoms with E-state index in [0.717, 1.165) is 21.4 Å². The van der Waals surface area contributed by atoms with Crippen LogP contribution in [0, 0.1) is 0 Å². The molecule has 2 rings (SSSR count). The van der Waals surface area contributed by atoms with Crippen LogP contribution in [-0.2, 0) is 4.79 Å². The number of pyridine rings is 1. The Morgan fingerprint density at radius 2 is 2.04 bits per heavy atom. The van der Waals surface area contributed by atoms with E-state index in [4.69, 9.17) is 5.11 Å². The molecule has 2 aromatic rings. The lowest BCUT2D eigenvalue weighted by Crippen LogP contribution is -2.41. The van der Waals surface area contributed by atoms with Crippen molar-refractivity contribution in [3.05, 3.63) is 48.2 Å². The van der Waals surface area contributed by atoms with E-state index >= 15 is 0 Å². The summed E-state index contributed by atoms with van der Waals surface area (Å²) >= 11 is 0. The maximum Gasteiger partial charge on any atom is 0.416 e. The van der Waals surface area contributed by atoms with E-state index in [1.807, 2.05) is 24.3 Å². The zero-order chi connectivity index (χ0) is 17.0. The Morgan fingerprint density at radius 1 is 1.35 bits per heavy atom. The molecule has 1 atom stereocenters. The number of halogens is 3. The minimum atomic E-state index is -4.75. The minimum Gasteiger partial charge on any atom is -0.382 e. The molecule has 0 spiro atoms. The molecule has 0 aliphatic carbocycles. The average Bonchev–Trinajstić information content (AvgIpc) is 2.51. The highest BCUT2D eigenvalue weighted by Crippen LogP contribution is 2.21. The number of rotatable bonds is 4. The normalized spacial score (nSPS) is 13.4. The van der Waals surface area contributed by atoms with Crippen molar-refractivity contribution in [3.63, 3.8) is 0 Å². The van der Waals surface area contributed by atoms with Gasteiger partial charge in [-0.25, -0.2) is 0 Å². The zero-order valence-corrected chi connectivity index (χ0v) is 12.3. The van der Waals surface area contributed by atoms with Crippen molar-refractivity contribution in [1.29, 1.82) is 0 Å². The van der Waals surface area contributed by atoms with Gasteiger partial charge in [0, 0.05) is 24.7 Å². The predicted octanol–water partition coefficient (Wildman–Crippen LogP) is 2.63. The second-order valence-electron chi connectivity index (χ2n) is 5.03.